The van der Waals surface area contributed by atoms with Crippen LogP contribution >= 0.6 is 0 Å². The predicted octanol–water partition coefficient (Wildman–Crippen LogP) is 3.56. The number of urea groups is 1. The summed E-state index contributed by atoms with van der Waals surface area (Å²) in [6.07, 6.45) is 1.31. The molecule has 0 radical (unpaired) electrons. The quantitative estimate of drug-likeness (QED) is 0.421. The fourth-order valence-electron chi connectivity index (χ4n) is 5.35. The number of rotatable bonds is 9. The van der Waals surface area contributed by atoms with Crippen molar-refractivity contribution in [3.8, 4) is 0 Å². The van der Waals surface area contributed by atoms with Crippen LogP contribution in [0.25, 0.3) is 0 Å². The molecule has 40 heavy (non-hydrogen) atoms. The van der Waals surface area contributed by atoms with Crippen LogP contribution in [0.3, 0.4) is 0 Å². The number of carbonyl (C=O) groups is 3. The van der Waals surface area contributed by atoms with E-state index in [9.17, 15) is 18.8 Å². The van der Waals surface area contributed by atoms with Gasteiger partial charge in [0, 0.05) is 25.1 Å². The number of nitrogens with zero attached hydrogens (tertiary/aromatic N) is 4. The van der Waals surface area contributed by atoms with Crippen molar-refractivity contribution in [1.29, 1.82) is 0 Å². The maximum Gasteiger partial charge on any atom is 0.332 e. The van der Waals surface area contributed by atoms with E-state index in [1.807, 2.05) is 60.7 Å². The van der Waals surface area contributed by atoms with E-state index in [2.05, 4.69) is 11.9 Å². The van der Waals surface area contributed by atoms with Crippen LogP contribution in [0.4, 0.5) is 9.18 Å². The molecular weight excluding hydrogens is 509 g/mol. The summed E-state index contributed by atoms with van der Waals surface area (Å²) in [6, 6.07) is 24.2. The summed E-state index contributed by atoms with van der Waals surface area (Å²) in [6.45, 7) is 4.42. The van der Waals surface area contributed by atoms with Gasteiger partial charge in [-0.2, -0.15) is 5.01 Å². The fraction of sp³-hybridized carbons (Fsp3) is 0.258. The number of nitrogens with one attached hydrogen (secondary N) is 1. The molecule has 0 unspecified atom stereocenters. The number of carbonyl (C=O) groups excluding carboxylic acids is 3. The molecule has 3 aromatic carbocycles. The van der Waals surface area contributed by atoms with E-state index in [-0.39, 0.29) is 44.0 Å². The third kappa shape index (κ3) is 5.74. The SMILES string of the molecule is C=CCN(C(=O)NCc1ccccc1)N1CC(=O)N2[C@@H](Cc3ccccc3)C(=O)N(Cc3ccccc3F)C[C@@H]21. The number of halogens is 1. The second kappa shape index (κ2) is 12.1. The van der Waals surface area contributed by atoms with Crippen molar-refractivity contribution in [2.45, 2.75) is 31.7 Å². The lowest BCUT2D eigenvalue weighted by Crippen LogP contribution is -2.66. The van der Waals surface area contributed by atoms with Gasteiger partial charge in [-0.1, -0.05) is 84.9 Å². The normalized spacial score (nSPS) is 18.9. The van der Waals surface area contributed by atoms with E-state index in [1.54, 1.807) is 39.1 Å². The molecule has 0 aliphatic carbocycles. The van der Waals surface area contributed by atoms with Gasteiger partial charge in [-0.25, -0.2) is 9.18 Å². The Morgan fingerprint density at radius 3 is 2.30 bits per heavy atom. The summed E-state index contributed by atoms with van der Waals surface area (Å²) in [5.74, 6) is -0.887. The Balaban J connectivity index is 1.43. The Labute approximate surface area is 233 Å². The van der Waals surface area contributed by atoms with Crippen LogP contribution < -0.4 is 5.32 Å². The molecule has 9 heteroatoms. The molecule has 2 aliphatic heterocycles. The van der Waals surface area contributed by atoms with Crippen LogP contribution in [0.15, 0.2) is 97.6 Å². The lowest BCUT2D eigenvalue weighted by Gasteiger charge is -2.46. The van der Waals surface area contributed by atoms with E-state index in [1.165, 1.54) is 11.1 Å². The molecule has 0 bridgehead atoms. The number of amides is 4. The Hall–Kier alpha value is -4.50. The zero-order valence-electron chi connectivity index (χ0n) is 22.2. The van der Waals surface area contributed by atoms with Gasteiger partial charge in [-0.3, -0.25) is 14.6 Å². The number of hydrazine groups is 1. The zero-order valence-corrected chi connectivity index (χ0v) is 22.2. The molecule has 206 valence electrons. The molecule has 2 fully saturated rings. The molecular formula is C31H32FN5O3. The first-order valence-corrected chi connectivity index (χ1v) is 13.3. The first kappa shape index (κ1) is 27.1. The van der Waals surface area contributed by atoms with Gasteiger partial charge in [-0.05, 0) is 17.2 Å². The molecule has 1 N–H and O–H groups in total. The minimum atomic E-state index is -0.789. The van der Waals surface area contributed by atoms with Gasteiger partial charge < -0.3 is 15.1 Å². The van der Waals surface area contributed by atoms with Gasteiger partial charge in [-0.15, -0.1) is 6.58 Å². The van der Waals surface area contributed by atoms with Crippen LogP contribution in [0.1, 0.15) is 16.7 Å². The van der Waals surface area contributed by atoms with E-state index in [0.29, 0.717) is 18.5 Å². The van der Waals surface area contributed by atoms with E-state index in [4.69, 9.17) is 0 Å². The first-order chi connectivity index (χ1) is 19.5. The lowest BCUT2D eigenvalue weighted by molar-refractivity contribution is -0.157. The Morgan fingerprint density at radius 1 is 0.975 bits per heavy atom. The molecule has 0 saturated carbocycles. The Morgan fingerprint density at radius 2 is 1.62 bits per heavy atom. The lowest BCUT2D eigenvalue weighted by atomic mass is 10.00. The summed E-state index contributed by atoms with van der Waals surface area (Å²) < 4.78 is 14.6. The number of hydrogen-bond donors (Lipinski definition) is 1. The van der Waals surface area contributed by atoms with Crippen LogP contribution in [0.5, 0.6) is 0 Å². The monoisotopic (exact) mass is 541 g/mol. The van der Waals surface area contributed by atoms with Gasteiger partial charge in [0.05, 0.1) is 19.6 Å². The Bertz CT molecular complexity index is 1370. The molecule has 2 heterocycles. The molecule has 2 atom stereocenters. The van der Waals surface area contributed by atoms with E-state index in [0.717, 1.165) is 11.1 Å². The molecule has 5 rings (SSSR count). The second-order valence-electron chi connectivity index (χ2n) is 9.91. The smallest absolute Gasteiger partial charge is 0.332 e. The summed E-state index contributed by atoms with van der Waals surface area (Å²) in [5, 5.41) is 6.09. The van der Waals surface area contributed by atoms with E-state index < -0.39 is 18.0 Å². The highest BCUT2D eigenvalue weighted by Crippen LogP contribution is 2.30. The molecule has 4 amide bonds. The molecule has 0 spiro atoms. The number of fused-ring (bicyclic) bond motifs is 1. The zero-order chi connectivity index (χ0) is 28.1. The largest absolute Gasteiger partial charge is 0.333 e. The minimum absolute atomic E-state index is 0.0603. The minimum Gasteiger partial charge on any atom is -0.333 e. The molecule has 2 saturated heterocycles. The van der Waals surface area contributed by atoms with Crippen molar-refractivity contribution in [1.82, 2.24) is 25.1 Å². The third-order valence-electron chi connectivity index (χ3n) is 7.29. The van der Waals surface area contributed by atoms with Gasteiger partial charge in [0.15, 0.2) is 0 Å². The third-order valence-corrected chi connectivity index (χ3v) is 7.29. The highest BCUT2D eigenvalue weighted by molar-refractivity contribution is 5.91. The highest BCUT2D eigenvalue weighted by atomic mass is 19.1. The first-order valence-electron chi connectivity index (χ1n) is 13.3. The van der Waals surface area contributed by atoms with Crippen LogP contribution in [0, 0.1) is 5.82 Å². The van der Waals surface area contributed by atoms with Gasteiger partial charge in [0.1, 0.15) is 18.0 Å². The summed E-state index contributed by atoms with van der Waals surface area (Å²) >= 11 is 0. The number of piperazine rings is 1. The average Bonchev–Trinajstić information content (AvgIpc) is 3.30. The average molecular weight is 542 g/mol. The van der Waals surface area contributed by atoms with Gasteiger partial charge in [0.2, 0.25) is 11.8 Å². The van der Waals surface area contributed by atoms with Crippen molar-refractivity contribution < 1.29 is 18.8 Å². The second-order valence-corrected chi connectivity index (χ2v) is 9.91. The van der Waals surface area contributed by atoms with Gasteiger partial charge in [0.25, 0.3) is 0 Å². The molecule has 8 nitrogen and oxygen atoms in total. The molecule has 0 aromatic heterocycles. The maximum absolute atomic E-state index is 14.6. The summed E-state index contributed by atoms with van der Waals surface area (Å²) in [7, 11) is 0. The fourth-order valence-corrected chi connectivity index (χ4v) is 5.35. The van der Waals surface area contributed by atoms with Crippen molar-refractivity contribution in [2.75, 3.05) is 19.6 Å². The predicted molar refractivity (Wildman–Crippen MR) is 149 cm³/mol. The van der Waals surface area contributed by atoms with Crippen LogP contribution in [-0.4, -0.2) is 69.5 Å². The van der Waals surface area contributed by atoms with Gasteiger partial charge >= 0.3 is 6.03 Å². The maximum atomic E-state index is 14.6. The van der Waals surface area contributed by atoms with Crippen LogP contribution in [0.2, 0.25) is 0 Å². The van der Waals surface area contributed by atoms with Crippen LogP contribution in [-0.2, 0) is 29.1 Å². The van der Waals surface area contributed by atoms with E-state index >= 15 is 0 Å². The summed E-state index contributed by atoms with van der Waals surface area (Å²) in [5.41, 5.74) is 2.24. The van der Waals surface area contributed by atoms with Crippen molar-refractivity contribution in [2.24, 2.45) is 0 Å². The number of hydrogen-bond acceptors (Lipinski definition) is 4. The van der Waals surface area contributed by atoms with Crippen molar-refractivity contribution >= 4 is 17.8 Å². The number of benzene rings is 3. The standard InChI is InChI=1S/C31H32FN5O3/c1-2-17-35(31(40)33-19-24-13-7-4-8-14-24)36-22-29(38)37-27(18-23-11-5-3-6-12-23)30(39)34(21-28(36)37)20-25-15-9-10-16-26(25)32/h2-16,27-28H,1,17-22H2,(H,33,40)/t27-,28+/m0/s1. The highest BCUT2D eigenvalue weighted by Gasteiger charge is 2.52. The molecule has 2 aliphatic rings. The van der Waals surface area contributed by atoms with Crippen molar-refractivity contribution in [3.63, 3.8) is 0 Å². The summed E-state index contributed by atoms with van der Waals surface area (Å²) in [4.78, 5) is 43.9. The Kier molecular flexibility index (Phi) is 8.21. The molecule has 3 aromatic rings. The topological polar surface area (TPSA) is 76.2 Å². The van der Waals surface area contributed by atoms with Crippen molar-refractivity contribution in [3.05, 3.63) is 120 Å².